The van der Waals surface area contributed by atoms with Crippen LogP contribution in [0.1, 0.15) is 29.5 Å². The Morgan fingerprint density at radius 3 is 2.56 bits per heavy atom. The van der Waals surface area contributed by atoms with Crippen LogP contribution in [0.25, 0.3) is 10.9 Å². The van der Waals surface area contributed by atoms with E-state index in [2.05, 4.69) is 28.1 Å². The Kier molecular flexibility index (Phi) is 6.00. The van der Waals surface area contributed by atoms with Gasteiger partial charge in [0.2, 0.25) is 5.70 Å². The second kappa shape index (κ2) is 8.43. The van der Waals surface area contributed by atoms with Crippen LogP contribution in [0.4, 0.5) is 5.69 Å². The Morgan fingerprint density at radius 2 is 1.93 bits per heavy atom. The average Bonchev–Trinajstić information content (AvgIpc) is 2.68. The molecular weight excluding hydrogens is 418 g/mol. The monoisotopic (exact) mass is 438 g/mol. The fourth-order valence-corrected chi connectivity index (χ4v) is 3.86. The first-order valence-corrected chi connectivity index (χ1v) is 8.86. The van der Waals surface area contributed by atoms with Crippen molar-refractivity contribution in [3.8, 4) is 6.07 Å². The third-order valence-corrected chi connectivity index (χ3v) is 4.97. The van der Waals surface area contributed by atoms with E-state index in [1.807, 2.05) is 18.2 Å². The van der Waals surface area contributed by atoms with E-state index in [4.69, 9.17) is 16.6 Å². The van der Waals surface area contributed by atoms with Gasteiger partial charge in [-0.3, -0.25) is 0 Å². The summed E-state index contributed by atoms with van der Waals surface area (Å²) < 4.78 is 5.38. The largest absolute Gasteiger partial charge is 0.581 e. The molecule has 0 aromatic heterocycles. The fourth-order valence-electron chi connectivity index (χ4n) is 3.86. The predicted molar refractivity (Wildman–Crippen MR) is 101 cm³/mol. The van der Waals surface area contributed by atoms with E-state index in [-0.39, 0.29) is 26.8 Å². The van der Waals surface area contributed by atoms with Crippen LogP contribution in [0, 0.1) is 24.2 Å². The maximum absolute atomic E-state index is 9.01. The molecule has 0 bridgehead atoms. The molecule has 0 unspecified atom stereocenters. The third kappa shape index (κ3) is 3.92. The number of benzene rings is 1. The van der Waals surface area contributed by atoms with Gasteiger partial charge >= 0.3 is 0 Å². The fraction of sp³-hybridized carbons (Fsp3) is 0.273. The van der Waals surface area contributed by atoms with Gasteiger partial charge in [-0.2, -0.15) is 0 Å². The molecule has 0 fully saturated rings. The zero-order chi connectivity index (χ0) is 17.9. The first-order valence-electron chi connectivity index (χ1n) is 8.86. The van der Waals surface area contributed by atoms with Gasteiger partial charge in [0.1, 0.15) is 0 Å². The van der Waals surface area contributed by atoms with Crippen LogP contribution in [-0.2, 0) is 38.6 Å². The number of nitriles is 1. The zero-order valence-corrected chi connectivity index (χ0v) is 16.9. The first-order chi connectivity index (χ1) is 12.8. The molecule has 1 aromatic carbocycles. The van der Waals surface area contributed by atoms with E-state index in [1.165, 1.54) is 48.8 Å². The number of hydrogen-bond acceptors (Lipinski definition) is 3. The van der Waals surface area contributed by atoms with E-state index >= 15 is 0 Å². The Balaban J connectivity index is 0.00000210. The van der Waals surface area contributed by atoms with Crippen LogP contribution in [0.3, 0.4) is 0 Å². The van der Waals surface area contributed by atoms with E-state index < -0.39 is 0 Å². The first kappa shape index (κ1) is 19.2. The van der Waals surface area contributed by atoms with Crippen LogP contribution >= 0.6 is 0 Å². The summed E-state index contributed by atoms with van der Waals surface area (Å²) in [7, 11) is 0. The van der Waals surface area contributed by atoms with Gasteiger partial charge in [0.25, 0.3) is 0 Å². The minimum absolute atomic E-state index is 0. The molecule has 0 atom stereocenters. The van der Waals surface area contributed by atoms with Gasteiger partial charge in [-0.15, -0.1) is 17.7 Å². The van der Waals surface area contributed by atoms with Gasteiger partial charge in [0.15, 0.2) is 0 Å². The quantitative estimate of drug-likeness (QED) is 0.394. The number of anilines is 1. The van der Waals surface area contributed by atoms with Gasteiger partial charge in [-0.05, 0) is 60.8 Å². The molecule has 3 heterocycles. The molecule has 0 spiro atoms. The van der Waals surface area contributed by atoms with Crippen molar-refractivity contribution in [2.24, 2.45) is 0 Å². The van der Waals surface area contributed by atoms with Crippen molar-refractivity contribution in [1.29, 1.82) is 5.26 Å². The predicted octanol–water partition coefficient (Wildman–Crippen LogP) is 4.32. The van der Waals surface area contributed by atoms with Gasteiger partial charge in [0.05, 0.1) is 12.6 Å². The number of aryl methyl sites for hydroxylation is 2. The van der Waals surface area contributed by atoms with Crippen molar-refractivity contribution in [3.63, 3.8) is 0 Å². The Morgan fingerprint density at radius 1 is 1.22 bits per heavy atom. The summed E-state index contributed by atoms with van der Waals surface area (Å²) in [6.07, 6.45) is 14.5. The number of hydrogen-bond donors (Lipinski definition) is 0. The summed E-state index contributed by atoms with van der Waals surface area (Å²) in [6.45, 7) is 9.41. The zero-order valence-electron chi connectivity index (χ0n) is 14.9. The molecule has 0 N–H and O–H groups in total. The maximum Gasteiger partial charge on any atom is 0.216 e. The summed E-state index contributed by atoms with van der Waals surface area (Å²) in [5, 5.41) is 9.01. The summed E-state index contributed by atoms with van der Waals surface area (Å²) in [5.74, 6) is 0.576. The number of ether oxygens (including phenoxy) is 1. The topological polar surface area (TPSA) is 40.6 Å². The molecule has 5 heteroatoms. The molecule has 4 rings (SSSR count). The molecule has 4 nitrogen and oxygen atoms in total. The minimum Gasteiger partial charge on any atom is -0.581 e. The Labute approximate surface area is 174 Å². The van der Waals surface area contributed by atoms with Crippen LogP contribution in [0.5, 0.6) is 0 Å². The molecule has 0 saturated carbocycles. The summed E-state index contributed by atoms with van der Waals surface area (Å²) >= 11 is 0. The van der Waals surface area contributed by atoms with Crippen molar-refractivity contribution in [1.82, 2.24) is 0 Å². The molecule has 1 aromatic rings. The summed E-state index contributed by atoms with van der Waals surface area (Å²) in [6, 6.07) is 6.44. The number of rotatable bonds is 2. The molecular formula is C22H18MoN3O-. The molecule has 0 aliphatic carbocycles. The molecule has 134 valence electrons. The van der Waals surface area contributed by atoms with E-state index in [9.17, 15) is 0 Å². The van der Waals surface area contributed by atoms with Gasteiger partial charge in [-0.1, -0.05) is 12.2 Å². The van der Waals surface area contributed by atoms with Gasteiger partial charge < -0.3 is 9.64 Å². The normalized spacial score (nSPS) is 19.2. The van der Waals surface area contributed by atoms with Crippen LogP contribution in [-0.4, -0.2) is 13.1 Å². The smallest absolute Gasteiger partial charge is 0.216 e. The number of nitrogens with zero attached hydrogens (tertiary/aromatic N) is 3. The van der Waals surface area contributed by atoms with Crippen LogP contribution in [0.2, 0.25) is 0 Å². The van der Waals surface area contributed by atoms with Crippen LogP contribution < -0.4 is 4.90 Å². The molecule has 0 radical (unpaired) electrons. The minimum atomic E-state index is 0. The Bertz CT molecular complexity index is 910. The van der Waals surface area contributed by atoms with Crippen molar-refractivity contribution < 1.29 is 25.8 Å². The van der Waals surface area contributed by atoms with E-state index in [1.54, 1.807) is 6.08 Å². The van der Waals surface area contributed by atoms with Crippen molar-refractivity contribution >= 4 is 11.8 Å². The number of allylic oxidation sites excluding steroid dienone is 5. The van der Waals surface area contributed by atoms with E-state index in [0.717, 1.165) is 18.4 Å². The second-order valence-corrected chi connectivity index (χ2v) is 6.65. The maximum atomic E-state index is 9.01. The molecule has 0 amide bonds. The van der Waals surface area contributed by atoms with Gasteiger partial charge in [0, 0.05) is 45.6 Å². The SMILES string of the molecule is [C-]#[N+]/C(C#N)=C1\C=[C-]OC(/C=C/c2cc3c4c(c2)CCCN4CCC3)=C1.[Mo]. The Hall–Kier alpha value is -2.55. The standard InChI is InChI=1S/C22H18N3O.Mo/c1-24-21(15-23)17-8-11-26-20(14-17)7-6-16-12-18-4-2-9-25-10-3-5-19(13-16)22(18)25;/h6-8,12-14H,2-5,9-10H2;/q-1;/b7-6+,21-17+;. The van der Waals surface area contributed by atoms with Crippen molar-refractivity contribution in [3.05, 3.63) is 81.8 Å². The van der Waals surface area contributed by atoms with E-state index in [0.29, 0.717) is 11.3 Å². The van der Waals surface area contributed by atoms with Crippen LogP contribution in [0.15, 0.2) is 47.4 Å². The molecule has 3 aliphatic heterocycles. The molecule has 0 saturated heterocycles. The molecule has 27 heavy (non-hydrogen) atoms. The third-order valence-electron chi connectivity index (χ3n) is 4.97. The molecule has 3 aliphatic rings. The summed E-state index contributed by atoms with van der Waals surface area (Å²) in [4.78, 5) is 5.77. The van der Waals surface area contributed by atoms with Crippen molar-refractivity contribution in [2.75, 3.05) is 18.0 Å². The second-order valence-electron chi connectivity index (χ2n) is 6.65. The summed E-state index contributed by atoms with van der Waals surface area (Å²) in [5.41, 5.74) is 6.09. The average molecular weight is 436 g/mol. The van der Waals surface area contributed by atoms with Gasteiger partial charge in [-0.25, -0.2) is 10.1 Å². The van der Waals surface area contributed by atoms with Crippen molar-refractivity contribution in [2.45, 2.75) is 25.7 Å².